The molecule has 4 N–H and O–H groups in total. The van der Waals surface area contributed by atoms with Crippen molar-refractivity contribution in [3.05, 3.63) is 53.9 Å². The standard InChI is InChI=1S/C15H19N3O2/c1-18-9-12(16)8-14(18)15(20)17-13(10-19)7-11-5-3-2-4-6-11/h2-6,8-9,13,19H,7,10,16H2,1H3,(H,17,20)/t13-/m1/s1. The molecule has 1 aromatic carbocycles. The minimum Gasteiger partial charge on any atom is -0.397 e. The molecular formula is C15H19N3O2. The van der Waals surface area contributed by atoms with E-state index in [2.05, 4.69) is 5.32 Å². The monoisotopic (exact) mass is 273 g/mol. The Labute approximate surface area is 118 Å². The summed E-state index contributed by atoms with van der Waals surface area (Å²) in [5, 5.41) is 12.2. The van der Waals surface area contributed by atoms with E-state index in [1.54, 1.807) is 23.9 Å². The zero-order valence-electron chi connectivity index (χ0n) is 11.4. The van der Waals surface area contributed by atoms with E-state index in [-0.39, 0.29) is 18.6 Å². The smallest absolute Gasteiger partial charge is 0.268 e. The average molecular weight is 273 g/mol. The highest BCUT2D eigenvalue weighted by Gasteiger charge is 2.16. The molecule has 0 aliphatic heterocycles. The van der Waals surface area contributed by atoms with E-state index >= 15 is 0 Å². The summed E-state index contributed by atoms with van der Waals surface area (Å²) in [6, 6.07) is 11.0. The van der Waals surface area contributed by atoms with Crippen molar-refractivity contribution < 1.29 is 9.90 Å². The van der Waals surface area contributed by atoms with Crippen LogP contribution in [0.3, 0.4) is 0 Å². The van der Waals surface area contributed by atoms with Gasteiger partial charge in [0, 0.05) is 13.2 Å². The summed E-state index contributed by atoms with van der Waals surface area (Å²) in [5.41, 5.74) is 7.75. The number of aryl methyl sites for hydroxylation is 1. The Kier molecular flexibility index (Phi) is 4.42. The Morgan fingerprint density at radius 2 is 2.10 bits per heavy atom. The second-order valence-corrected chi connectivity index (χ2v) is 4.81. The highest BCUT2D eigenvalue weighted by atomic mass is 16.3. The molecule has 1 atom stereocenters. The van der Waals surface area contributed by atoms with Crippen molar-refractivity contribution in [3.63, 3.8) is 0 Å². The first-order valence-electron chi connectivity index (χ1n) is 6.47. The number of aliphatic hydroxyl groups excluding tert-OH is 1. The summed E-state index contributed by atoms with van der Waals surface area (Å²) in [5.74, 6) is -0.237. The van der Waals surface area contributed by atoms with Crippen LogP contribution in [0.5, 0.6) is 0 Å². The Hall–Kier alpha value is -2.27. The molecule has 0 unspecified atom stereocenters. The summed E-state index contributed by atoms with van der Waals surface area (Å²) in [4.78, 5) is 12.1. The zero-order chi connectivity index (χ0) is 14.5. The predicted octanol–water partition coefficient (Wildman–Crippen LogP) is 0.941. The summed E-state index contributed by atoms with van der Waals surface area (Å²) in [6.07, 6.45) is 2.27. The Morgan fingerprint density at radius 3 is 2.65 bits per heavy atom. The van der Waals surface area contributed by atoms with Gasteiger partial charge < -0.3 is 20.7 Å². The third-order valence-electron chi connectivity index (χ3n) is 3.14. The molecular weight excluding hydrogens is 254 g/mol. The number of nitrogens with one attached hydrogen (secondary N) is 1. The number of rotatable bonds is 5. The van der Waals surface area contributed by atoms with Crippen molar-refractivity contribution >= 4 is 11.6 Å². The maximum atomic E-state index is 12.1. The van der Waals surface area contributed by atoms with Crippen molar-refractivity contribution in [2.45, 2.75) is 12.5 Å². The molecule has 20 heavy (non-hydrogen) atoms. The van der Waals surface area contributed by atoms with Crippen LogP contribution in [0.1, 0.15) is 16.1 Å². The van der Waals surface area contributed by atoms with Crippen LogP contribution in [-0.2, 0) is 13.5 Å². The SMILES string of the molecule is Cn1cc(N)cc1C(=O)N[C@@H](CO)Cc1ccccc1. The molecule has 5 heteroatoms. The number of anilines is 1. The lowest BCUT2D eigenvalue weighted by Crippen LogP contribution is -2.39. The second-order valence-electron chi connectivity index (χ2n) is 4.81. The molecule has 0 aliphatic rings. The maximum Gasteiger partial charge on any atom is 0.268 e. The minimum atomic E-state index is -0.318. The van der Waals surface area contributed by atoms with Gasteiger partial charge in [-0.3, -0.25) is 4.79 Å². The first kappa shape index (κ1) is 14.1. The minimum absolute atomic E-state index is 0.111. The lowest BCUT2D eigenvalue weighted by Gasteiger charge is -2.16. The van der Waals surface area contributed by atoms with Crippen molar-refractivity contribution in [2.75, 3.05) is 12.3 Å². The summed E-state index contributed by atoms with van der Waals surface area (Å²) < 4.78 is 1.67. The van der Waals surface area contributed by atoms with E-state index in [1.807, 2.05) is 30.3 Å². The van der Waals surface area contributed by atoms with Crippen LogP contribution in [0, 0.1) is 0 Å². The number of nitrogens with zero attached hydrogens (tertiary/aromatic N) is 1. The summed E-state index contributed by atoms with van der Waals surface area (Å²) in [7, 11) is 1.76. The predicted molar refractivity (Wildman–Crippen MR) is 78.3 cm³/mol. The Morgan fingerprint density at radius 1 is 1.40 bits per heavy atom. The number of carbonyl (C=O) groups excluding carboxylic acids is 1. The van der Waals surface area contributed by atoms with Crippen molar-refractivity contribution in [1.29, 1.82) is 0 Å². The number of hydrogen-bond donors (Lipinski definition) is 3. The quantitative estimate of drug-likeness (QED) is 0.758. The second kappa shape index (κ2) is 6.25. The molecule has 0 bridgehead atoms. The molecule has 1 amide bonds. The van der Waals surface area contributed by atoms with Gasteiger partial charge in [-0.25, -0.2) is 0 Å². The topological polar surface area (TPSA) is 80.3 Å². The molecule has 106 valence electrons. The maximum absolute atomic E-state index is 12.1. The first-order valence-corrected chi connectivity index (χ1v) is 6.47. The van der Waals surface area contributed by atoms with Crippen LogP contribution < -0.4 is 11.1 Å². The number of nitrogen functional groups attached to an aromatic ring is 1. The van der Waals surface area contributed by atoms with Gasteiger partial charge in [0.2, 0.25) is 0 Å². The van der Waals surface area contributed by atoms with Gasteiger partial charge in [0.25, 0.3) is 5.91 Å². The molecule has 0 spiro atoms. The Bertz CT molecular complexity index is 578. The van der Waals surface area contributed by atoms with Crippen molar-refractivity contribution in [2.24, 2.45) is 7.05 Å². The normalized spacial score (nSPS) is 12.1. The highest BCUT2D eigenvalue weighted by molar-refractivity contribution is 5.94. The molecule has 2 rings (SSSR count). The van der Waals surface area contributed by atoms with Gasteiger partial charge in [-0.1, -0.05) is 30.3 Å². The van der Waals surface area contributed by atoms with Crippen LogP contribution in [-0.4, -0.2) is 28.2 Å². The lowest BCUT2D eigenvalue weighted by atomic mass is 10.1. The molecule has 1 aromatic heterocycles. The number of hydrogen-bond acceptors (Lipinski definition) is 3. The van der Waals surface area contributed by atoms with E-state index in [0.717, 1.165) is 5.56 Å². The van der Waals surface area contributed by atoms with Crippen LogP contribution in [0.15, 0.2) is 42.6 Å². The summed E-state index contributed by atoms with van der Waals surface area (Å²) in [6.45, 7) is -0.111. The van der Waals surface area contributed by atoms with Crippen LogP contribution >= 0.6 is 0 Å². The fourth-order valence-corrected chi connectivity index (χ4v) is 2.13. The van der Waals surface area contributed by atoms with E-state index in [4.69, 9.17) is 5.73 Å². The van der Waals surface area contributed by atoms with Crippen LogP contribution in [0.2, 0.25) is 0 Å². The van der Waals surface area contributed by atoms with E-state index in [0.29, 0.717) is 17.8 Å². The Balaban J connectivity index is 2.03. The number of aliphatic hydroxyl groups is 1. The lowest BCUT2D eigenvalue weighted by molar-refractivity contribution is 0.0908. The van der Waals surface area contributed by atoms with Gasteiger partial charge in [0.15, 0.2) is 0 Å². The van der Waals surface area contributed by atoms with Crippen molar-refractivity contribution in [3.8, 4) is 0 Å². The third-order valence-corrected chi connectivity index (χ3v) is 3.14. The highest BCUT2D eigenvalue weighted by Crippen LogP contribution is 2.09. The molecule has 0 radical (unpaired) electrons. The molecule has 0 aliphatic carbocycles. The zero-order valence-corrected chi connectivity index (χ0v) is 11.4. The number of aromatic nitrogens is 1. The van der Waals surface area contributed by atoms with E-state index in [9.17, 15) is 9.90 Å². The van der Waals surface area contributed by atoms with Crippen LogP contribution in [0.4, 0.5) is 5.69 Å². The number of nitrogens with two attached hydrogens (primary N) is 1. The fraction of sp³-hybridized carbons (Fsp3) is 0.267. The molecule has 1 heterocycles. The third kappa shape index (κ3) is 3.39. The molecule has 0 saturated heterocycles. The number of carbonyl (C=O) groups is 1. The van der Waals surface area contributed by atoms with Gasteiger partial charge in [-0.15, -0.1) is 0 Å². The largest absolute Gasteiger partial charge is 0.397 e. The average Bonchev–Trinajstić information content (AvgIpc) is 2.78. The van der Waals surface area contributed by atoms with Gasteiger partial charge in [0.1, 0.15) is 5.69 Å². The molecule has 2 aromatic rings. The van der Waals surface area contributed by atoms with Gasteiger partial charge in [0.05, 0.1) is 18.3 Å². The van der Waals surface area contributed by atoms with E-state index in [1.165, 1.54) is 0 Å². The number of amides is 1. The van der Waals surface area contributed by atoms with Gasteiger partial charge in [-0.05, 0) is 18.1 Å². The fourth-order valence-electron chi connectivity index (χ4n) is 2.13. The van der Waals surface area contributed by atoms with Crippen molar-refractivity contribution in [1.82, 2.24) is 9.88 Å². The number of benzene rings is 1. The molecule has 0 fully saturated rings. The summed E-state index contributed by atoms with van der Waals surface area (Å²) >= 11 is 0. The van der Waals surface area contributed by atoms with Gasteiger partial charge in [-0.2, -0.15) is 0 Å². The van der Waals surface area contributed by atoms with Gasteiger partial charge >= 0.3 is 0 Å². The van der Waals surface area contributed by atoms with E-state index < -0.39 is 0 Å². The van der Waals surface area contributed by atoms with Crippen LogP contribution in [0.25, 0.3) is 0 Å². The first-order chi connectivity index (χ1) is 9.60. The molecule has 5 nitrogen and oxygen atoms in total. The molecule has 0 saturated carbocycles.